The van der Waals surface area contributed by atoms with Crippen LogP contribution >= 0.6 is 0 Å². The van der Waals surface area contributed by atoms with Gasteiger partial charge in [-0.1, -0.05) is 60.7 Å². The van der Waals surface area contributed by atoms with E-state index in [-0.39, 0.29) is 0 Å². The average molecular weight is 298 g/mol. The van der Waals surface area contributed by atoms with Gasteiger partial charge in [-0.05, 0) is 41.2 Å². The number of hydrogen-bond donors (Lipinski definition) is 0. The number of furan rings is 1. The van der Waals surface area contributed by atoms with Gasteiger partial charge in [0, 0.05) is 17.9 Å². The second-order valence-electron chi connectivity index (χ2n) is 6.59. The van der Waals surface area contributed by atoms with E-state index in [1.807, 2.05) is 6.07 Å². The van der Waals surface area contributed by atoms with Crippen LogP contribution in [0, 0.1) is 0 Å². The van der Waals surface area contributed by atoms with Crippen LogP contribution in [0.5, 0.6) is 0 Å². The first kappa shape index (κ1) is 13.0. The van der Waals surface area contributed by atoms with Crippen LogP contribution in [0.25, 0.3) is 12.2 Å². The second kappa shape index (κ2) is 4.99. The van der Waals surface area contributed by atoms with Gasteiger partial charge in [0.05, 0.1) is 0 Å². The Labute approximate surface area is 136 Å². The summed E-state index contributed by atoms with van der Waals surface area (Å²) in [6.07, 6.45) is 6.50. The fourth-order valence-electron chi connectivity index (χ4n) is 4.19. The van der Waals surface area contributed by atoms with Crippen molar-refractivity contribution in [3.63, 3.8) is 0 Å². The predicted octanol–water partition coefficient (Wildman–Crippen LogP) is 5.63. The molecule has 0 saturated heterocycles. The molecule has 0 saturated carbocycles. The zero-order valence-electron chi connectivity index (χ0n) is 12.9. The number of benzene rings is 2. The molecule has 2 unspecified atom stereocenters. The predicted molar refractivity (Wildman–Crippen MR) is 93.4 cm³/mol. The molecule has 2 aliphatic rings. The van der Waals surface area contributed by atoms with Gasteiger partial charge in [0.2, 0.25) is 0 Å². The lowest BCUT2D eigenvalue weighted by Crippen LogP contribution is -2.07. The third-order valence-electron chi connectivity index (χ3n) is 5.24. The molecule has 0 radical (unpaired) electrons. The Morgan fingerprint density at radius 3 is 2.48 bits per heavy atom. The minimum absolute atomic E-state index is 0.530. The van der Waals surface area contributed by atoms with E-state index in [0.29, 0.717) is 11.8 Å². The first-order valence-corrected chi connectivity index (χ1v) is 8.33. The van der Waals surface area contributed by atoms with Gasteiger partial charge in [-0.25, -0.2) is 0 Å². The lowest BCUT2D eigenvalue weighted by Gasteiger charge is -2.18. The number of fused-ring (bicyclic) bond motifs is 7. The van der Waals surface area contributed by atoms with Crippen LogP contribution in [0.1, 0.15) is 52.0 Å². The summed E-state index contributed by atoms with van der Waals surface area (Å²) in [7, 11) is 0. The molecule has 5 rings (SSSR count). The van der Waals surface area contributed by atoms with Crippen molar-refractivity contribution in [3.05, 3.63) is 94.4 Å². The van der Waals surface area contributed by atoms with Gasteiger partial charge < -0.3 is 4.42 Å². The highest BCUT2D eigenvalue weighted by atomic mass is 16.3. The van der Waals surface area contributed by atoms with Crippen molar-refractivity contribution in [2.45, 2.75) is 24.7 Å². The maximum atomic E-state index is 6.15. The third-order valence-corrected chi connectivity index (χ3v) is 5.24. The minimum Gasteiger partial charge on any atom is -0.461 e. The Bertz CT molecular complexity index is 885. The molecular formula is C22H18O. The molecule has 1 heterocycles. The SMILES string of the molecule is C(=C\c1cc2c(o1)CC1CC2c2ccccc21)/c1ccccc1. The number of rotatable bonds is 2. The Balaban J connectivity index is 1.50. The van der Waals surface area contributed by atoms with E-state index in [2.05, 4.69) is 66.7 Å². The van der Waals surface area contributed by atoms with Crippen LogP contribution in [-0.2, 0) is 6.42 Å². The van der Waals surface area contributed by atoms with Crippen LogP contribution in [0.4, 0.5) is 0 Å². The van der Waals surface area contributed by atoms with Crippen molar-refractivity contribution in [3.8, 4) is 0 Å². The summed E-state index contributed by atoms with van der Waals surface area (Å²) in [6.45, 7) is 0. The van der Waals surface area contributed by atoms with Crippen molar-refractivity contribution >= 4 is 12.2 Å². The molecule has 2 bridgehead atoms. The molecule has 112 valence electrons. The zero-order valence-corrected chi connectivity index (χ0v) is 12.9. The van der Waals surface area contributed by atoms with Crippen LogP contribution in [0.2, 0.25) is 0 Å². The number of hydrogen-bond acceptors (Lipinski definition) is 1. The molecule has 0 spiro atoms. The van der Waals surface area contributed by atoms with Crippen LogP contribution in [-0.4, -0.2) is 0 Å². The lowest BCUT2D eigenvalue weighted by molar-refractivity contribution is 0.449. The average Bonchev–Trinajstić information content (AvgIpc) is 3.15. The standard InChI is InChI=1S/C22H18O/c1-2-6-15(7-3-1)10-11-17-14-21-20-12-16(13-22(21)23-17)18-8-4-5-9-19(18)20/h1-11,14,16,20H,12-13H2/b11-10+. The summed E-state index contributed by atoms with van der Waals surface area (Å²) in [4.78, 5) is 0. The van der Waals surface area contributed by atoms with E-state index < -0.39 is 0 Å². The molecule has 0 fully saturated rings. The molecule has 2 atom stereocenters. The molecule has 1 heteroatoms. The van der Waals surface area contributed by atoms with Gasteiger partial charge in [0.1, 0.15) is 11.5 Å². The molecule has 0 N–H and O–H groups in total. The summed E-state index contributed by atoms with van der Waals surface area (Å²) in [5, 5.41) is 0. The highest BCUT2D eigenvalue weighted by molar-refractivity contribution is 5.68. The molecule has 1 nitrogen and oxygen atoms in total. The maximum Gasteiger partial charge on any atom is 0.127 e. The molecule has 2 aromatic carbocycles. The van der Waals surface area contributed by atoms with E-state index >= 15 is 0 Å². The van der Waals surface area contributed by atoms with E-state index in [1.165, 1.54) is 34.4 Å². The van der Waals surface area contributed by atoms with Gasteiger partial charge in [0.25, 0.3) is 0 Å². The van der Waals surface area contributed by atoms with E-state index in [4.69, 9.17) is 4.42 Å². The van der Waals surface area contributed by atoms with Crippen molar-refractivity contribution < 1.29 is 4.42 Å². The van der Waals surface area contributed by atoms with E-state index in [9.17, 15) is 0 Å². The molecule has 0 aliphatic heterocycles. The second-order valence-corrected chi connectivity index (χ2v) is 6.59. The Hall–Kier alpha value is -2.54. The third kappa shape index (κ3) is 2.08. The summed E-state index contributed by atoms with van der Waals surface area (Å²) in [5.74, 6) is 3.34. The Morgan fingerprint density at radius 1 is 0.826 bits per heavy atom. The van der Waals surface area contributed by atoms with Crippen LogP contribution < -0.4 is 0 Å². The van der Waals surface area contributed by atoms with Crippen LogP contribution in [0.15, 0.2) is 65.1 Å². The quantitative estimate of drug-likeness (QED) is 0.598. The van der Waals surface area contributed by atoms with Gasteiger partial charge in [-0.3, -0.25) is 0 Å². The van der Waals surface area contributed by atoms with Crippen molar-refractivity contribution in [1.82, 2.24) is 0 Å². The lowest BCUT2D eigenvalue weighted by atomic mass is 9.85. The van der Waals surface area contributed by atoms with Crippen molar-refractivity contribution in [2.24, 2.45) is 0 Å². The van der Waals surface area contributed by atoms with Gasteiger partial charge in [-0.2, -0.15) is 0 Å². The normalized spacial score (nSPS) is 21.4. The summed E-state index contributed by atoms with van der Waals surface area (Å²) >= 11 is 0. The first-order chi connectivity index (χ1) is 11.4. The highest BCUT2D eigenvalue weighted by Crippen LogP contribution is 2.52. The maximum absolute atomic E-state index is 6.15. The summed E-state index contributed by atoms with van der Waals surface area (Å²) < 4.78 is 6.15. The van der Waals surface area contributed by atoms with Crippen LogP contribution in [0.3, 0.4) is 0 Å². The fraction of sp³-hybridized carbons (Fsp3) is 0.182. The largest absolute Gasteiger partial charge is 0.461 e. The topological polar surface area (TPSA) is 13.1 Å². The molecule has 1 aromatic heterocycles. The zero-order chi connectivity index (χ0) is 15.2. The van der Waals surface area contributed by atoms with Gasteiger partial charge in [-0.15, -0.1) is 0 Å². The summed E-state index contributed by atoms with van der Waals surface area (Å²) in [5.41, 5.74) is 5.65. The van der Waals surface area contributed by atoms with Gasteiger partial charge in [0.15, 0.2) is 0 Å². The molecule has 3 aromatic rings. The monoisotopic (exact) mass is 298 g/mol. The Kier molecular flexibility index (Phi) is 2.81. The minimum atomic E-state index is 0.530. The Morgan fingerprint density at radius 2 is 1.61 bits per heavy atom. The van der Waals surface area contributed by atoms with Crippen molar-refractivity contribution in [2.75, 3.05) is 0 Å². The molecule has 23 heavy (non-hydrogen) atoms. The van der Waals surface area contributed by atoms with E-state index in [1.54, 1.807) is 0 Å². The van der Waals surface area contributed by atoms with Gasteiger partial charge >= 0.3 is 0 Å². The van der Waals surface area contributed by atoms with Crippen molar-refractivity contribution in [1.29, 1.82) is 0 Å². The molecule has 0 amide bonds. The molecular weight excluding hydrogens is 280 g/mol. The van der Waals surface area contributed by atoms with E-state index in [0.717, 1.165) is 12.2 Å². The highest BCUT2D eigenvalue weighted by Gasteiger charge is 2.39. The smallest absolute Gasteiger partial charge is 0.127 e. The fourth-order valence-corrected chi connectivity index (χ4v) is 4.19. The summed E-state index contributed by atoms with van der Waals surface area (Å²) in [6, 6.07) is 21.5. The molecule has 2 aliphatic carbocycles. The first-order valence-electron chi connectivity index (χ1n) is 8.33.